The van der Waals surface area contributed by atoms with Crippen molar-refractivity contribution in [3.8, 4) is 0 Å². The number of ether oxygens (including phenoxy) is 1. The highest BCUT2D eigenvalue weighted by Crippen LogP contribution is 2.52. The maximum Gasteiger partial charge on any atom is 0.232 e. The molecule has 2 saturated carbocycles. The van der Waals surface area contributed by atoms with Gasteiger partial charge in [-0.05, 0) is 38.0 Å². The fourth-order valence-corrected chi connectivity index (χ4v) is 3.18. The molecule has 0 aromatic heterocycles. The van der Waals surface area contributed by atoms with Gasteiger partial charge in [-0.25, -0.2) is 0 Å². The van der Waals surface area contributed by atoms with Gasteiger partial charge in [-0.2, -0.15) is 0 Å². The first-order chi connectivity index (χ1) is 6.40. The topological polar surface area (TPSA) is 30.8 Å². The second-order valence-corrected chi connectivity index (χ2v) is 4.29. The third-order valence-corrected chi connectivity index (χ3v) is 3.68. The lowest BCUT2D eigenvalue weighted by molar-refractivity contribution is 0.0274. The molecule has 3 aliphatic rings. The van der Waals surface area contributed by atoms with Crippen LogP contribution in [-0.2, 0) is 9.57 Å². The van der Waals surface area contributed by atoms with Gasteiger partial charge < -0.3 is 9.57 Å². The molecule has 0 unspecified atom stereocenters. The van der Waals surface area contributed by atoms with E-state index in [0.717, 1.165) is 17.7 Å². The SMILES string of the molecule is CCOC1=NO[C@H]2[C@@H]3CC[C@@H](C3)[C@@H]12. The molecule has 3 nitrogen and oxygen atoms in total. The highest BCUT2D eigenvalue weighted by molar-refractivity contribution is 5.81. The average molecular weight is 181 g/mol. The maximum atomic E-state index is 5.49. The third-order valence-electron chi connectivity index (χ3n) is 3.68. The number of nitrogens with zero attached hydrogens (tertiary/aromatic N) is 1. The van der Waals surface area contributed by atoms with Crippen LogP contribution in [0.15, 0.2) is 5.16 Å². The summed E-state index contributed by atoms with van der Waals surface area (Å²) in [6.45, 7) is 2.71. The van der Waals surface area contributed by atoms with E-state index in [2.05, 4.69) is 5.16 Å². The molecular weight excluding hydrogens is 166 g/mol. The minimum Gasteiger partial charge on any atom is -0.479 e. The summed E-state index contributed by atoms with van der Waals surface area (Å²) in [6, 6.07) is 0. The summed E-state index contributed by atoms with van der Waals surface area (Å²) in [5.74, 6) is 2.93. The minimum atomic E-state index is 0.361. The Kier molecular flexibility index (Phi) is 1.55. The van der Waals surface area contributed by atoms with Gasteiger partial charge in [-0.1, -0.05) is 5.16 Å². The summed E-state index contributed by atoms with van der Waals surface area (Å²) < 4.78 is 5.49. The van der Waals surface area contributed by atoms with E-state index in [1.54, 1.807) is 0 Å². The van der Waals surface area contributed by atoms with Crippen LogP contribution >= 0.6 is 0 Å². The zero-order chi connectivity index (χ0) is 8.84. The molecule has 1 aliphatic heterocycles. The van der Waals surface area contributed by atoms with Gasteiger partial charge in [0.1, 0.15) is 6.10 Å². The van der Waals surface area contributed by atoms with Gasteiger partial charge in [0.2, 0.25) is 5.90 Å². The van der Waals surface area contributed by atoms with E-state index >= 15 is 0 Å². The normalized spacial score (nSPS) is 45.8. The van der Waals surface area contributed by atoms with E-state index < -0.39 is 0 Å². The molecule has 0 spiro atoms. The largest absolute Gasteiger partial charge is 0.479 e. The Morgan fingerprint density at radius 2 is 2.31 bits per heavy atom. The van der Waals surface area contributed by atoms with Crippen molar-refractivity contribution in [3.05, 3.63) is 0 Å². The summed E-state index contributed by atoms with van der Waals surface area (Å²) in [4.78, 5) is 5.44. The van der Waals surface area contributed by atoms with Gasteiger partial charge in [-0.3, -0.25) is 0 Å². The predicted molar refractivity (Wildman–Crippen MR) is 48.3 cm³/mol. The summed E-state index contributed by atoms with van der Waals surface area (Å²) in [5, 5.41) is 4.05. The molecule has 0 saturated heterocycles. The van der Waals surface area contributed by atoms with Crippen LogP contribution in [0.2, 0.25) is 0 Å². The second kappa shape index (κ2) is 2.63. The first-order valence-electron chi connectivity index (χ1n) is 5.26. The molecule has 2 bridgehead atoms. The number of hydrogen-bond donors (Lipinski definition) is 0. The van der Waals surface area contributed by atoms with Gasteiger partial charge in [0, 0.05) is 0 Å². The molecule has 0 aromatic carbocycles. The summed E-state index contributed by atoms with van der Waals surface area (Å²) in [5.41, 5.74) is 0. The second-order valence-electron chi connectivity index (χ2n) is 4.29. The molecule has 13 heavy (non-hydrogen) atoms. The van der Waals surface area contributed by atoms with E-state index in [9.17, 15) is 0 Å². The van der Waals surface area contributed by atoms with Crippen molar-refractivity contribution in [3.63, 3.8) is 0 Å². The van der Waals surface area contributed by atoms with E-state index in [1.165, 1.54) is 19.3 Å². The Labute approximate surface area is 78.1 Å². The fourth-order valence-electron chi connectivity index (χ4n) is 3.18. The number of rotatable bonds is 1. The fraction of sp³-hybridized carbons (Fsp3) is 0.900. The zero-order valence-electron chi connectivity index (χ0n) is 7.90. The van der Waals surface area contributed by atoms with E-state index in [4.69, 9.17) is 9.57 Å². The van der Waals surface area contributed by atoms with Crippen LogP contribution in [0.3, 0.4) is 0 Å². The first-order valence-corrected chi connectivity index (χ1v) is 5.26. The highest BCUT2D eigenvalue weighted by Gasteiger charge is 2.55. The average Bonchev–Trinajstić information content (AvgIpc) is 2.74. The molecule has 1 heterocycles. The van der Waals surface area contributed by atoms with Gasteiger partial charge in [-0.15, -0.1) is 0 Å². The standard InChI is InChI=1S/C10H15NO2/c1-2-12-10-8-6-3-4-7(5-6)9(8)13-11-10/h6-9H,2-5H2,1H3/t6-,7+,8+,9-/m0/s1. The first kappa shape index (κ1) is 7.65. The molecular formula is C10H15NO2. The van der Waals surface area contributed by atoms with Gasteiger partial charge in [0.25, 0.3) is 0 Å². The zero-order valence-corrected chi connectivity index (χ0v) is 7.90. The van der Waals surface area contributed by atoms with Gasteiger partial charge in [0.05, 0.1) is 12.5 Å². The van der Waals surface area contributed by atoms with Crippen molar-refractivity contribution in [2.45, 2.75) is 32.3 Å². The van der Waals surface area contributed by atoms with Crippen LogP contribution in [-0.4, -0.2) is 18.6 Å². The Bertz CT molecular complexity index is 251. The summed E-state index contributed by atoms with van der Waals surface area (Å²) >= 11 is 0. The third kappa shape index (κ3) is 0.930. The number of oxime groups is 1. The molecule has 0 N–H and O–H groups in total. The smallest absolute Gasteiger partial charge is 0.232 e. The van der Waals surface area contributed by atoms with Crippen LogP contribution in [0.25, 0.3) is 0 Å². The van der Waals surface area contributed by atoms with Gasteiger partial charge >= 0.3 is 0 Å². The molecule has 0 radical (unpaired) electrons. The Morgan fingerprint density at radius 1 is 1.46 bits per heavy atom. The number of hydrogen-bond acceptors (Lipinski definition) is 3. The molecule has 2 fully saturated rings. The van der Waals surface area contributed by atoms with E-state index in [1.807, 2.05) is 6.92 Å². The monoisotopic (exact) mass is 181 g/mol. The van der Waals surface area contributed by atoms with Crippen molar-refractivity contribution in [1.82, 2.24) is 0 Å². The molecule has 3 heteroatoms. The number of fused-ring (bicyclic) bond motifs is 5. The van der Waals surface area contributed by atoms with Crippen LogP contribution < -0.4 is 0 Å². The minimum absolute atomic E-state index is 0.361. The van der Waals surface area contributed by atoms with Crippen molar-refractivity contribution in [2.75, 3.05) is 6.61 Å². The Hall–Kier alpha value is -0.730. The molecule has 3 rings (SSSR count). The lowest BCUT2D eigenvalue weighted by Gasteiger charge is -2.22. The van der Waals surface area contributed by atoms with Crippen LogP contribution in [0.5, 0.6) is 0 Å². The molecule has 4 atom stereocenters. The van der Waals surface area contributed by atoms with E-state index in [-0.39, 0.29) is 0 Å². The Morgan fingerprint density at radius 3 is 3.15 bits per heavy atom. The van der Waals surface area contributed by atoms with Crippen molar-refractivity contribution in [1.29, 1.82) is 0 Å². The molecule has 2 aliphatic carbocycles. The maximum absolute atomic E-state index is 5.49. The van der Waals surface area contributed by atoms with Crippen molar-refractivity contribution < 1.29 is 9.57 Å². The molecule has 0 amide bonds. The lowest BCUT2D eigenvalue weighted by Crippen LogP contribution is -2.30. The molecule has 0 aromatic rings. The van der Waals surface area contributed by atoms with Gasteiger partial charge in [0.15, 0.2) is 0 Å². The lowest BCUT2D eigenvalue weighted by atomic mass is 9.87. The quantitative estimate of drug-likeness (QED) is 0.617. The summed E-state index contributed by atoms with van der Waals surface area (Å²) in [7, 11) is 0. The van der Waals surface area contributed by atoms with E-state index in [0.29, 0.717) is 18.6 Å². The highest BCUT2D eigenvalue weighted by atomic mass is 16.7. The van der Waals surface area contributed by atoms with Crippen molar-refractivity contribution >= 4 is 5.90 Å². The predicted octanol–water partition coefficient (Wildman–Crippen LogP) is 1.78. The van der Waals surface area contributed by atoms with Crippen LogP contribution in [0.4, 0.5) is 0 Å². The van der Waals surface area contributed by atoms with Crippen LogP contribution in [0, 0.1) is 17.8 Å². The molecule has 72 valence electrons. The van der Waals surface area contributed by atoms with Crippen molar-refractivity contribution in [2.24, 2.45) is 22.9 Å². The Balaban J connectivity index is 1.81. The van der Waals surface area contributed by atoms with Crippen LogP contribution in [0.1, 0.15) is 26.2 Å². The summed E-state index contributed by atoms with van der Waals surface area (Å²) in [6.07, 6.45) is 4.38.